The van der Waals surface area contributed by atoms with Crippen LogP contribution < -0.4 is 0 Å². The first-order valence-electron chi connectivity index (χ1n) is 9.48. The minimum Gasteiger partial charge on any atom is -0.381 e. The Kier molecular flexibility index (Phi) is 4.99. The summed E-state index contributed by atoms with van der Waals surface area (Å²) in [6, 6.07) is 1.70. The standard InChI is InChI=1S/C19H27N3O3/c23-18(17-3-7-20-14-21-17)22-10-16-2-1-6-19(16,12-22)13-25-11-15-4-8-24-9-5-15/h3,7,14-16H,1-2,4-6,8-13H2/t16-,19+/m1/s1. The largest absolute Gasteiger partial charge is 0.381 e. The summed E-state index contributed by atoms with van der Waals surface area (Å²) in [6.45, 7) is 4.98. The summed E-state index contributed by atoms with van der Waals surface area (Å²) in [5.74, 6) is 1.22. The van der Waals surface area contributed by atoms with Gasteiger partial charge in [0.05, 0.1) is 6.61 Å². The van der Waals surface area contributed by atoms with Crippen LogP contribution in [-0.2, 0) is 9.47 Å². The molecule has 1 aliphatic carbocycles. The normalized spacial score (nSPS) is 29.8. The Hall–Kier alpha value is -1.53. The molecule has 2 aliphatic heterocycles. The van der Waals surface area contributed by atoms with Crippen LogP contribution in [0.25, 0.3) is 0 Å². The van der Waals surface area contributed by atoms with Gasteiger partial charge >= 0.3 is 0 Å². The monoisotopic (exact) mass is 345 g/mol. The maximum atomic E-state index is 12.7. The average molecular weight is 345 g/mol. The van der Waals surface area contributed by atoms with Gasteiger partial charge in [-0.15, -0.1) is 0 Å². The van der Waals surface area contributed by atoms with Crippen molar-refractivity contribution in [2.75, 3.05) is 39.5 Å². The van der Waals surface area contributed by atoms with E-state index in [0.29, 0.717) is 17.5 Å². The van der Waals surface area contributed by atoms with Crippen LogP contribution in [0.5, 0.6) is 0 Å². The van der Waals surface area contributed by atoms with E-state index in [9.17, 15) is 4.79 Å². The topological polar surface area (TPSA) is 64.6 Å². The van der Waals surface area contributed by atoms with Gasteiger partial charge in [-0.25, -0.2) is 9.97 Å². The molecule has 0 spiro atoms. The molecule has 4 rings (SSSR count). The number of rotatable bonds is 5. The van der Waals surface area contributed by atoms with Crippen LogP contribution >= 0.6 is 0 Å². The Bertz CT molecular complexity index is 591. The maximum absolute atomic E-state index is 12.7. The number of aromatic nitrogens is 2. The lowest BCUT2D eigenvalue weighted by molar-refractivity contribution is -0.0123. The van der Waals surface area contributed by atoms with Crippen LogP contribution in [0.1, 0.15) is 42.6 Å². The third-order valence-electron chi connectivity index (χ3n) is 6.21. The van der Waals surface area contributed by atoms with Crippen molar-refractivity contribution in [3.8, 4) is 0 Å². The number of fused-ring (bicyclic) bond motifs is 1. The number of amides is 1. The molecule has 0 aromatic carbocycles. The molecule has 1 saturated carbocycles. The van der Waals surface area contributed by atoms with E-state index in [1.807, 2.05) is 4.90 Å². The lowest BCUT2D eigenvalue weighted by Crippen LogP contribution is -2.35. The molecular weight excluding hydrogens is 318 g/mol. The van der Waals surface area contributed by atoms with E-state index in [1.165, 1.54) is 25.6 Å². The molecule has 0 radical (unpaired) electrons. The minimum absolute atomic E-state index is 0.0283. The molecule has 3 fully saturated rings. The van der Waals surface area contributed by atoms with Gasteiger partial charge in [-0.2, -0.15) is 0 Å². The Morgan fingerprint density at radius 2 is 2.24 bits per heavy atom. The summed E-state index contributed by atoms with van der Waals surface area (Å²) in [5.41, 5.74) is 0.640. The van der Waals surface area contributed by atoms with Gasteiger partial charge < -0.3 is 14.4 Å². The Morgan fingerprint density at radius 3 is 3.04 bits per heavy atom. The van der Waals surface area contributed by atoms with Crippen LogP contribution in [0.3, 0.4) is 0 Å². The highest BCUT2D eigenvalue weighted by atomic mass is 16.5. The maximum Gasteiger partial charge on any atom is 0.272 e. The minimum atomic E-state index is 0.0283. The number of likely N-dealkylation sites (tertiary alicyclic amines) is 1. The summed E-state index contributed by atoms with van der Waals surface area (Å²) in [5, 5.41) is 0. The molecule has 6 nitrogen and oxygen atoms in total. The number of ether oxygens (including phenoxy) is 2. The van der Waals surface area contributed by atoms with Crippen molar-refractivity contribution in [1.82, 2.24) is 14.9 Å². The van der Waals surface area contributed by atoms with Crippen molar-refractivity contribution in [2.45, 2.75) is 32.1 Å². The van der Waals surface area contributed by atoms with Crippen molar-refractivity contribution in [3.05, 3.63) is 24.3 Å². The second-order valence-corrected chi connectivity index (χ2v) is 7.80. The van der Waals surface area contributed by atoms with Crippen molar-refractivity contribution in [1.29, 1.82) is 0 Å². The molecule has 0 unspecified atom stereocenters. The molecule has 0 bridgehead atoms. The molecule has 25 heavy (non-hydrogen) atoms. The summed E-state index contributed by atoms with van der Waals surface area (Å²) >= 11 is 0. The molecule has 3 aliphatic rings. The van der Waals surface area contributed by atoms with Crippen LogP contribution in [0.2, 0.25) is 0 Å². The molecular formula is C19H27N3O3. The van der Waals surface area contributed by atoms with E-state index in [0.717, 1.165) is 52.4 Å². The van der Waals surface area contributed by atoms with Crippen molar-refractivity contribution < 1.29 is 14.3 Å². The van der Waals surface area contributed by atoms with Gasteiger partial charge in [-0.1, -0.05) is 6.42 Å². The van der Waals surface area contributed by atoms with Crippen LogP contribution in [-0.4, -0.2) is 60.3 Å². The predicted molar refractivity (Wildman–Crippen MR) is 92.1 cm³/mol. The highest BCUT2D eigenvalue weighted by Gasteiger charge is 2.51. The molecule has 2 saturated heterocycles. The molecule has 1 aromatic rings. The van der Waals surface area contributed by atoms with Crippen molar-refractivity contribution in [3.63, 3.8) is 0 Å². The Balaban J connectivity index is 1.36. The van der Waals surface area contributed by atoms with E-state index in [-0.39, 0.29) is 11.3 Å². The lowest BCUT2D eigenvalue weighted by Gasteiger charge is -2.30. The van der Waals surface area contributed by atoms with Gasteiger partial charge in [0.2, 0.25) is 0 Å². The van der Waals surface area contributed by atoms with Gasteiger partial charge in [-0.3, -0.25) is 4.79 Å². The zero-order valence-corrected chi connectivity index (χ0v) is 14.7. The zero-order chi connectivity index (χ0) is 17.1. The fraction of sp³-hybridized carbons (Fsp3) is 0.737. The third kappa shape index (κ3) is 3.55. The second-order valence-electron chi connectivity index (χ2n) is 7.80. The van der Waals surface area contributed by atoms with Gasteiger partial charge in [0.1, 0.15) is 12.0 Å². The van der Waals surface area contributed by atoms with Crippen molar-refractivity contribution >= 4 is 5.91 Å². The van der Waals surface area contributed by atoms with E-state index in [4.69, 9.17) is 9.47 Å². The first-order chi connectivity index (χ1) is 12.3. The predicted octanol–water partition coefficient (Wildman–Crippen LogP) is 2.16. The Labute approximate surface area is 148 Å². The van der Waals surface area contributed by atoms with Crippen LogP contribution in [0, 0.1) is 17.3 Å². The van der Waals surface area contributed by atoms with Crippen LogP contribution in [0.4, 0.5) is 0 Å². The molecule has 3 heterocycles. The van der Waals surface area contributed by atoms with Gasteiger partial charge in [0.25, 0.3) is 5.91 Å². The quantitative estimate of drug-likeness (QED) is 0.818. The first-order valence-corrected chi connectivity index (χ1v) is 9.48. The zero-order valence-electron chi connectivity index (χ0n) is 14.7. The first kappa shape index (κ1) is 16.9. The summed E-state index contributed by atoms with van der Waals surface area (Å²) in [7, 11) is 0. The Morgan fingerprint density at radius 1 is 1.36 bits per heavy atom. The second kappa shape index (κ2) is 7.38. The highest BCUT2D eigenvalue weighted by Crippen LogP contribution is 2.49. The van der Waals surface area contributed by atoms with Gasteiger partial charge in [0, 0.05) is 44.5 Å². The molecule has 0 N–H and O–H groups in total. The number of hydrogen-bond donors (Lipinski definition) is 0. The van der Waals surface area contributed by atoms with E-state index in [1.54, 1.807) is 12.3 Å². The molecule has 6 heteroatoms. The van der Waals surface area contributed by atoms with E-state index >= 15 is 0 Å². The van der Waals surface area contributed by atoms with Gasteiger partial charge in [-0.05, 0) is 43.6 Å². The van der Waals surface area contributed by atoms with Gasteiger partial charge in [0.15, 0.2) is 0 Å². The van der Waals surface area contributed by atoms with E-state index in [2.05, 4.69) is 9.97 Å². The third-order valence-corrected chi connectivity index (χ3v) is 6.21. The summed E-state index contributed by atoms with van der Waals surface area (Å²) < 4.78 is 11.6. The summed E-state index contributed by atoms with van der Waals surface area (Å²) in [6.07, 6.45) is 8.90. The number of nitrogens with zero attached hydrogens (tertiary/aromatic N) is 3. The smallest absolute Gasteiger partial charge is 0.272 e. The number of carbonyl (C=O) groups excluding carboxylic acids is 1. The SMILES string of the molecule is O=C(c1ccncn1)N1C[C@H]2CCC[C@@]2(COCC2CCOCC2)C1. The number of carbonyl (C=O) groups is 1. The fourth-order valence-electron chi connectivity index (χ4n) is 4.73. The average Bonchev–Trinajstić information content (AvgIpc) is 3.20. The van der Waals surface area contributed by atoms with Crippen LogP contribution in [0.15, 0.2) is 18.6 Å². The molecule has 1 amide bonds. The molecule has 136 valence electrons. The molecule has 2 atom stereocenters. The van der Waals surface area contributed by atoms with E-state index < -0.39 is 0 Å². The number of hydrogen-bond acceptors (Lipinski definition) is 5. The van der Waals surface area contributed by atoms with Crippen molar-refractivity contribution in [2.24, 2.45) is 17.3 Å². The molecule has 1 aromatic heterocycles. The highest BCUT2D eigenvalue weighted by molar-refractivity contribution is 5.92. The summed E-state index contributed by atoms with van der Waals surface area (Å²) in [4.78, 5) is 22.7. The fourth-order valence-corrected chi connectivity index (χ4v) is 4.73. The lowest BCUT2D eigenvalue weighted by atomic mass is 9.81.